The van der Waals surface area contributed by atoms with Gasteiger partial charge in [0.2, 0.25) is 5.91 Å². The van der Waals surface area contributed by atoms with Crippen molar-refractivity contribution in [2.75, 3.05) is 5.32 Å². The highest BCUT2D eigenvalue weighted by Gasteiger charge is 2.08. The molecule has 0 unspecified atom stereocenters. The van der Waals surface area contributed by atoms with Crippen molar-refractivity contribution in [1.82, 2.24) is 9.97 Å². The van der Waals surface area contributed by atoms with Crippen molar-refractivity contribution < 1.29 is 9.53 Å². The van der Waals surface area contributed by atoms with Crippen LogP contribution in [0.15, 0.2) is 115 Å². The first-order valence-electron chi connectivity index (χ1n) is 11.5. The van der Waals surface area contributed by atoms with Crippen molar-refractivity contribution >= 4 is 29.0 Å². The van der Waals surface area contributed by atoms with Gasteiger partial charge < -0.3 is 10.1 Å². The van der Waals surface area contributed by atoms with E-state index in [2.05, 4.69) is 10.3 Å². The molecule has 0 atom stereocenters. The van der Waals surface area contributed by atoms with Gasteiger partial charge in [0, 0.05) is 40.7 Å². The van der Waals surface area contributed by atoms with Crippen molar-refractivity contribution in [3.8, 4) is 27.6 Å². The van der Waals surface area contributed by atoms with Crippen LogP contribution >= 0.6 is 11.3 Å². The van der Waals surface area contributed by atoms with Gasteiger partial charge in [0.1, 0.15) is 17.4 Å². The average Bonchev–Trinajstić information content (AvgIpc) is 3.43. The van der Waals surface area contributed by atoms with Crippen molar-refractivity contribution in [3.63, 3.8) is 0 Å². The Bertz CT molecular complexity index is 1460. The van der Waals surface area contributed by atoms with Gasteiger partial charge in [0.15, 0.2) is 0 Å². The van der Waals surface area contributed by atoms with Crippen LogP contribution in [0.4, 0.5) is 5.69 Å². The number of nitrogens with zero attached hydrogens (tertiary/aromatic N) is 2. The molecule has 5 aromatic rings. The molecular weight excluding hydrogens is 466 g/mol. The molecule has 3 aromatic carbocycles. The Morgan fingerprint density at radius 3 is 2.50 bits per heavy atom. The number of hydrogen-bond donors (Lipinski definition) is 1. The molecule has 2 aromatic heterocycles. The number of aromatic nitrogens is 2. The van der Waals surface area contributed by atoms with Crippen LogP contribution in [-0.4, -0.2) is 15.9 Å². The van der Waals surface area contributed by atoms with Gasteiger partial charge in [-0.3, -0.25) is 9.78 Å². The molecule has 0 fully saturated rings. The molecule has 0 saturated carbocycles. The van der Waals surface area contributed by atoms with Crippen LogP contribution in [0.3, 0.4) is 0 Å². The number of carbonyl (C=O) groups excluding carboxylic acids is 1. The number of thiazole rings is 1. The molecule has 2 heterocycles. The number of ether oxygens (including phenoxy) is 1. The lowest BCUT2D eigenvalue weighted by Gasteiger charge is -2.06. The molecule has 0 spiro atoms. The number of benzene rings is 3. The fraction of sp³-hybridized carbons (Fsp3) is 0.0333. The Hall–Kier alpha value is -4.55. The smallest absolute Gasteiger partial charge is 0.248 e. The van der Waals surface area contributed by atoms with Gasteiger partial charge in [-0.05, 0) is 53.6 Å². The van der Waals surface area contributed by atoms with Crippen molar-refractivity contribution in [2.45, 2.75) is 6.61 Å². The molecule has 5 rings (SSSR count). The second-order valence-corrected chi connectivity index (χ2v) is 8.88. The molecule has 1 amide bonds. The molecule has 36 heavy (non-hydrogen) atoms. The van der Waals surface area contributed by atoms with E-state index in [-0.39, 0.29) is 5.91 Å². The molecule has 6 heteroatoms. The van der Waals surface area contributed by atoms with E-state index in [1.54, 1.807) is 29.8 Å². The standard InChI is InChI=1S/C30H23N3O2S/c34-29(14-11-22-9-12-27(13-10-22)35-20-23-5-2-1-3-6-23)32-26-8-4-7-25(19-26)28-21-36-30(33-28)24-15-17-31-18-16-24/h1-19,21H,20H2,(H,32,34)/b14-11+. The van der Waals surface area contributed by atoms with Gasteiger partial charge in [-0.25, -0.2) is 4.98 Å². The minimum Gasteiger partial charge on any atom is -0.489 e. The lowest BCUT2D eigenvalue weighted by molar-refractivity contribution is -0.111. The van der Waals surface area contributed by atoms with E-state index in [0.717, 1.165) is 38.7 Å². The van der Waals surface area contributed by atoms with Crippen LogP contribution in [0.25, 0.3) is 27.9 Å². The summed E-state index contributed by atoms with van der Waals surface area (Å²) in [6.45, 7) is 0.517. The minimum atomic E-state index is -0.202. The van der Waals surface area contributed by atoms with Crippen LogP contribution in [0, 0.1) is 0 Å². The van der Waals surface area contributed by atoms with Crippen LogP contribution in [0.1, 0.15) is 11.1 Å². The van der Waals surface area contributed by atoms with Gasteiger partial charge in [-0.1, -0.05) is 54.6 Å². The molecule has 0 saturated heterocycles. The van der Waals surface area contributed by atoms with Gasteiger partial charge in [-0.15, -0.1) is 11.3 Å². The lowest BCUT2D eigenvalue weighted by atomic mass is 10.1. The Balaban J connectivity index is 1.18. The fourth-order valence-corrected chi connectivity index (χ4v) is 4.40. The first-order chi connectivity index (χ1) is 17.7. The summed E-state index contributed by atoms with van der Waals surface area (Å²) in [5.41, 5.74) is 5.59. The van der Waals surface area contributed by atoms with Crippen LogP contribution in [-0.2, 0) is 11.4 Å². The van der Waals surface area contributed by atoms with E-state index in [9.17, 15) is 4.79 Å². The maximum absolute atomic E-state index is 12.5. The third-order valence-corrected chi connectivity index (χ3v) is 6.30. The van der Waals surface area contributed by atoms with Crippen molar-refractivity contribution in [3.05, 3.63) is 126 Å². The highest BCUT2D eigenvalue weighted by Crippen LogP contribution is 2.29. The summed E-state index contributed by atoms with van der Waals surface area (Å²) in [7, 11) is 0. The average molecular weight is 490 g/mol. The minimum absolute atomic E-state index is 0.202. The second-order valence-electron chi connectivity index (χ2n) is 8.02. The molecule has 0 radical (unpaired) electrons. The third-order valence-electron chi connectivity index (χ3n) is 5.41. The summed E-state index contributed by atoms with van der Waals surface area (Å²) in [6.07, 6.45) is 6.82. The zero-order valence-electron chi connectivity index (χ0n) is 19.4. The van der Waals surface area contributed by atoms with E-state index in [0.29, 0.717) is 12.3 Å². The van der Waals surface area contributed by atoms with Gasteiger partial charge in [-0.2, -0.15) is 0 Å². The summed E-state index contributed by atoms with van der Waals surface area (Å²) in [5, 5.41) is 5.88. The molecular formula is C30H23N3O2S. The number of rotatable bonds is 8. The zero-order valence-corrected chi connectivity index (χ0v) is 20.2. The molecule has 176 valence electrons. The maximum Gasteiger partial charge on any atom is 0.248 e. The third kappa shape index (κ3) is 6.11. The number of pyridine rings is 1. The Morgan fingerprint density at radius 1 is 0.889 bits per heavy atom. The topological polar surface area (TPSA) is 64.1 Å². The SMILES string of the molecule is O=C(/C=C/c1ccc(OCc2ccccc2)cc1)Nc1cccc(-c2csc(-c3ccncc3)n2)c1. The van der Waals surface area contributed by atoms with E-state index < -0.39 is 0 Å². The number of amides is 1. The van der Waals surface area contributed by atoms with Crippen LogP contribution in [0.5, 0.6) is 5.75 Å². The Morgan fingerprint density at radius 2 is 1.69 bits per heavy atom. The number of anilines is 1. The number of nitrogens with one attached hydrogen (secondary N) is 1. The van der Waals surface area contributed by atoms with Gasteiger partial charge >= 0.3 is 0 Å². The Labute approximate surface area is 213 Å². The van der Waals surface area contributed by atoms with Crippen molar-refractivity contribution in [2.24, 2.45) is 0 Å². The quantitative estimate of drug-likeness (QED) is 0.236. The van der Waals surface area contributed by atoms with E-state index in [1.807, 2.05) is 96.4 Å². The van der Waals surface area contributed by atoms with Crippen LogP contribution in [0.2, 0.25) is 0 Å². The predicted octanol–water partition coefficient (Wildman–Crippen LogP) is 7.10. The largest absolute Gasteiger partial charge is 0.489 e. The van der Waals surface area contributed by atoms with Crippen molar-refractivity contribution in [1.29, 1.82) is 0 Å². The molecule has 0 aliphatic carbocycles. The second kappa shape index (κ2) is 11.3. The summed E-state index contributed by atoms with van der Waals surface area (Å²) >= 11 is 1.58. The molecule has 0 aliphatic heterocycles. The zero-order chi connectivity index (χ0) is 24.6. The van der Waals surface area contributed by atoms with Gasteiger partial charge in [0.25, 0.3) is 0 Å². The first kappa shape index (κ1) is 23.2. The summed E-state index contributed by atoms with van der Waals surface area (Å²) in [6, 6.07) is 29.2. The molecule has 0 bridgehead atoms. The lowest BCUT2D eigenvalue weighted by Crippen LogP contribution is -2.07. The monoisotopic (exact) mass is 489 g/mol. The van der Waals surface area contributed by atoms with E-state index in [1.165, 1.54) is 6.08 Å². The van der Waals surface area contributed by atoms with Gasteiger partial charge in [0.05, 0.1) is 5.69 Å². The maximum atomic E-state index is 12.5. The molecule has 1 N–H and O–H groups in total. The summed E-state index contributed by atoms with van der Waals surface area (Å²) in [5.74, 6) is 0.582. The highest BCUT2D eigenvalue weighted by molar-refractivity contribution is 7.13. The summed E-state index contributed by atoms with van der Waals surface area (Å²) < 4.78 is 5.82. The van der Waals surface area contributed by atoms with E-state index in [4.69, 9.17) is 9.72 Å². The molecule has 0 aliphatic rings. The van der Waals surface area contributed by atoms with E-state index >= 15 is 0 Å². The highest BCUT2D eigenvalue weighted by atomic mass is 32.1. The normalized spacial score (nSPS) is 10.9. The first-order valence-corrected chi connectivity index (χ1v) is 12.3. The predicted molar refractivity (Wildman–Crippen MR) is 146 cm³/mol. The Kier molecular flexibility index (Phi) is 7.25. The fourth-order valence-electron chi connectivity index (χ4n) is 3.56. The molecule has 5 nitrogen and oxygen atoms in total. The number of hydrogen-bond acceptors (Lipinski definition) is 5. The summed E-state index contributed by atoms with van der Waals surface area (Å²) in [4.78, 5) is 21.3. The number of carbonyl (C=O) groups is 1. The van der Waals surface area contributed by atoms with Crippen LogP contribution < -0.4 is 10.1 Å².